The van der Waals surface area contributed by atoms with E-state index in [2.05, 4.69) is 25.8 Å². The van der Waals surface area contributed by atoms with Crippen LogP contribution in [0, 0.1) is 7.43 Å². The molecule has 0 spiro atoms. The maximum absolute atomic E-state index is 5.35. The Morgan fingerprint density at radius 3 is 2.31 bits per heavy atom. The van der Waals surface area contributed by atoms with Crippen molar-refractivity contribution in [1.82, 2.24) is 15.4 Å². The molecule has 3 rings (SSSR count). The topological polar surface area (TPSA) is 114 Å². The number of amidine groups is 1. The van der Waals surface area contributed by atoms with E-state index < -0.39 is 0 Å². The van der Waals surface area contributed by atoms with E-state index in [1.807, 2.05) is 62.4 Å². The molecule has 0 atom stereocenters. The van der Waals surface area contributed by atoms with Crippen LogP contribution in [0.25, 0.3) is 11.0 Å². The number of para-hydroxylation sites is 1. The molecule has 7 nitrogen and oxygen atoms in total. The standard InChI is InChI=1S/C15H15N7.C2H6.CH3.Os/c16-21-15(22-17)14-9-18-12-7-6-11(8-13(12)20-14)19-10-4-2-1-3-5-10;1-2;;/h1-9,19H,16-17H2,(H,21,22);1-2H3;1H3;/q;;-1;+1. The summed E-state index contributed by atoms with van der Waals surface area (Å²) < 4.78 is 0. The number of nitrogens with zero attached hydrogens (tertiary/aromatic N) is 3. The van der Waals surface area contributed by atoms with Crippen LogP contribution in [0.1, 0.15) is 19.5 Å². The molecule has 0 saturated heterocycles. The average molecular weight is 529 g/mol. The van der Waals surface area contributed by atoms with Crippen molar-refractivity contribution in [2.75, 3.05) is 5.32 Å². The number of aromatic nitrogens is 2. The molecule has 1 radical (unpaired) electrons. The number of nitrogens with two attached hydrogens (primary N) is 2. The monoisotopic (exact) mass is 530 g/mol. The van der Waals surface area contributed by atoms with E-state index in [0.717, 1.165) is 22.4 Å². The molecule has 0 unspecified atom stereocenters. The number of fused-ring (bicyclic) bond motifs is 1. The third-order valence-corrected chi connectivity index (χ3v) is 3.11. The molecule has 0 bridgehead atoms. The van der Waals surface area contributed by atoms with Gasteiger partial charge in [-0.3, -0.25) is 4.98 Å². The molecule has 0 aliphatic rings. The van der Waals surface area contributed by atoms with Crippen molar-refractivity contribution in [3.8, 4) is 0 Å². The van der Waals surface area contributed by atoms with E-state index in [1.165, 1.54) is 0 Å². The normalized spacial score (nSPS) is 9.88. The van der Waals surface area contributed by atoms with Gasteiger partial charge in [-0.05, 0) is 30.3 Å². The van der Waals surface area contributed by atoms with E-state index in [9.17, 15) is 0 Å². The van der Waals surface area contributed by atoms with Gasteiger partial charge in [-0.2, -0.15) is 5.10 Å². The number of hydrazine groups is 1. The van der Waals surface area contributed by atoms with Crippen LogP contribution >= 0.6 is 0 Å². The number of hydrazone groups is 1. The van der Waals surface area contributed by atoms with Crippen LogP contribution < -0.4 is 22.4 Å². The van der Waals surface area contributed by atoms with Gasteiger partial charge in [-0.25, -0.2) is 10.8 Å². The predicted octanol–water partition coefficient (Wildman–Crippen LogP) is 2.93. The van der Waals surface area contributed by atoms with Gasteiger partial charge in [0.1, 0.15) is 5.69 Å². The van der Waals surface area contributed by atoms with Gasteiger partial charge < -0.3 is 24.0 Å². The van der Waals surface area contributed by atoms with Gasteiger partial charge in [-0.1, -0.05) is 32.0 Å². The molecule has 1 heterocycles. The van der Waals surface area contributed by atoms with Crippen LogP contribution in [0.5, 0.6) is 0 Å². The van der Waals surface area contributed by atoms with Crippen LogP contribution in [0.15, 0.2) is 59.8 Å². The predicted molar refractivity (Wildman–Crippen MR) is 105 cm³/mol. The molecule has 0 fully saturated rings. The Labute approximate surface area is 167 Å². The van der Waals surface area contributed by atoms with Gasteiger partial charge in [0.2, 0.25) is 0 Å². The Morgan fingerprint density at radius 1 is 1.00 bits per heavy atom. The summed E-state index contributed by atoms with van der Waals surface area (Å²) in [6, 6.07) is 15.6. The van der Waals surface area contributed by atoms with Crippen molar-refractivity contribution in [3.05, 3.63) is 67.8 Å². The van der Waals surface area contributed by atoms with E-state index in [-0.39, 0.29) is 33.1 Å². The van der Waals surface area contributed by atoms with Crippen molar-refractivity contribution >= 4 is 28.2 Å². The Kier molecular flexibility index (Phi) is 10.7. The second-order valence-electron chi connectivity index (χ2n) is 4.57. The van der Waals surface area contributed by atoms with Crippen LogP contribution in [-0.4, -0.2) is 15.8 Å². The summed E-state index contributed by atoms with van der Waals surface area (Å²) in [4.78, 5) is 8.79. The fourth-order valence-electron chi connectivity index (χ4n) is 2.07. The zero-order valence-corrected chi connectivity index (χ0v) is 17.6. The Bertz CT molecular complexity index is 822. The molecule has 6 N–H and O–H groups in total. The summed E-state index contributed by atoms with van der Waals surface area (Å²) in [6.07, 6.45) is 1.57. The zero-order chi connectivity index (χ0) is 17.4. The Balaban J connectivity index is 0.00000151. The number of hydrogen-bond acceptors (Lipinski definition) is 6. The molecular weight excluding hydrogens is 504 g/mol. The van der Waals surface area contributed by atoms with Gasteiger partial charge in [0.25, 0.3) is 0 Å². The first kappa shape index (κ1) is 23.4. The van der Waals surface area contributed by atoms with Crippen molar-refractivity contribution < 1.29 is 19.8 Å². The first-order valence-corrected chi connectivity index (χ1v) is 7.64. The molecule has 0 saturated carbocycles. The molecule has 139 valence electrons. The minimum absolute atomic E-state index is 0. The summed E-state index contributed by atoms with van der Waals surface area (Å²) in [7, 11) is 0. The minimum Gasteiger partial charge on any atom is -0.358 e. The molecule has 0 aliphatic carbocycles. The van der Waals surface area contributed by atoms with E-state index in [1.54, 1.807) is 6.20 Å². The minimum atomic E-state index is 0. The number of anilines is 2. The van der Waals surface area contributed by atoms with Gasteiger partial charge in [0.15, 0.2) is 5.84 Å². The van der Waals surface area contributed by atoms with E-state index >= 15 is 0 Å². The Hall–Kier alpha value is -2.55. The van der Waals surface area contributed by atoms with Crippen LogP contribution in [0.3, 0.4) is 0 Å². The molecule has 1 aromatic heterocycles. The van der Waals surface area contributed by atoms with Gasteiger partial charge >= 0.3 is 19.8 Å². The van der Waals surface area contributed by atoms with Crippen LogP contribution in [-0.2, 0) is 19.8 Å². The quantitative estimate of drug-likeness (QED) is 0.137. The number of hydrogen-bond donors (Lipinski definition) is 4. The summed E-state index contributed by atoms with van der Waals surface area (Å²) in [5.41, 5.74) is 6.28. The second kappa shape index (κ2) is 11.9. The third kappa shape index (κ3) is 5.76. The Morgan fingerprint density at radius 2 is 1.69 bits per heavy atom. The smallest absolute Gasteiger partial charge is 0.358 e. The van der Waals surface area contributed by atoms with Gasteiger partial charge in [-0.15, -0.1) is 0 Å². The molecule has 2 aromatic carbocycles. The molecular formula is C18H24N7Os. The maximum Gasteiger partial charge on any atom is 1.00 e. The largest absolute Gasteiger partial charge is 1.00 e. The van der Waals surface area contributed by atoms with Crippen LogP contribution in [0.2, 0.25) is 0 Å². The molecule has 0 aliphatic heterocycles. The number of nitrogens with one attached hydrogen (secondary N) is 2. The first-order valence-electron chi connectivity index (χ1n) is 7.64. The van der Waals surface area contributed by atoms with Crippen molar-refractivity contribution in [1.29, 1.82) is 0 Å². The third-order valence-electron chi connectivity index (χ3n) is 3.11. The SMILES string of the molecule is CC.N/N=C(\NN)c1cnc2ccc(Nc3ccccc3)cc2n1.[CH3-].[Os+]. The summed E-state index contributed by atoms with van der Waals surface area (Å²) >= 11 is 0. The second-order valence-corrected chi connectivity index (χ2v) is 4.57. The van der Waals surface area contributed by atoms with Crippen molar-refractivity contribution in [3.63, 3.8) is 0 Å². The van der Waals surface area contributed by atoms with E-state index in [4.69, 9.17) is 11.7 Å². The zero-order valence-electron chi connectivity index (χ0n) is 15.0. The first-order chi connectivity index (χ1) is 11.8. The maximum atomic E-state index is 5.35. The van der Waals surface area contributed by atoms with Gasteiger partial charge in [0, 0.05) is 11.4 Å². The molecule has 26 heavy (non-hydrogen) atoms. The fraction of sp³-hybridized carbons (Fsp3) is 0.111. The summed E-state index contributed by atoms with van der Waals surface area (Å²) in [6.45, 7) is 4.00. The average Bonchev–Trinajstić information content (AvgIpc) is 2.65. The van der Waals surface area contributed by atoms with Gasteiger partial charge in [0.05, 0.1) is 17.2 Å². The number of benzene rings is 2. The molecule has 8 heteroatoms. The summed E-state index contributed by atoms with van der Waals surface area (Å²) in [5.74, 6) is 10.9. The molecule has 0 amide bonds. The number of rotatable bonds is 3. The van der Waals surface area contributed by atoms with Crippen LogP contribution in [0.4, 0.5) is 11.4 Å². The van der Waals surface area contributed by atoms with E-state index in [0.29, 0.717) is 5.69 Å². The molecule has 3 aromatic rings. The van der Waals surface area contributed by atoms with Crippen molar-refractivity contribution in [2.45, 2.75) is 13.8 Å². The van der Waals surface area contributed by atoms with Crippen molar-refractivity contribution in [2.24, 2.45) is 16.8 Å². The summed E-state index contributed by atoms with van der Waals surface area (Å²) in [5, 5.41) is 6.85. The fourth-order valence-corrected chi connectivity index (χ4v) is 2.07.